The third-order valence-corrected chi connectivity index (χ3v) is 4.39. The zero-order valence-corrected chi connectivity index (χ0v) is 15.9. The number of thiophene rings is 1. The number of rotatable bonds is 8. The minimum Gasteiger partial charge on any atom is -0.466 e. The number of ether oxygens (including phenoxy) is 2. The molecule has 1 aromatic heterocycles. The molecule has 0 saturated heterocycles. The van der Waals surface area contributed by atoms with Gasteiger partial charge in [0.1, 0.15) is 12.6 Å². The van der Waals surface area contributed by atoms with Crippen molar-refractivity contribution in [2.75, 3.05) is 19.8 Å². The highest BCUT2D eigenvalue weighted by Gasteiger charge is 2.24. The molecule has 2 N–H and O–H groups in total. The number of carbonyl (C=O) groups excluding carboxylic acids is 3. The smallest absolute Gasteiger partial charge is 0.328 e. The van der Waals surface area contributed by atoms with E-state index in [4.69, 9.17) is 14.6 Å². The Morgan fingerprint density at radius 2 is 1.96 bits per heavy atom. The molecular formula is C18H23NO6S. The van der Waals surface area contributed by atoms with E-state index >= 15 is 0 Å². The molecule has 7 nitrogen and oxygen atoms in total. The Balaban J connectivity index is 2.83. The number of nitrogens with one attached hydrogen (secondary N) is 1. The number of esters is 2. The average Bonchev–Trinajstić information content (AvgIpc) is 2.98. The predicted octanol–water partition coefficient (Wildman–Crippen LogP) is 1.41. The fourth-order valence-corrected chi connectivity index (χ4v) is 3.00. The molecule has 0 radical (unpaired) electrons. The molecule has 26 heavy (non-hydrogen) atoms. The molecule has 8 heteroatoms. The van der Waals surface area contributed by atoms with E-state index in [0.717, 1.165) is 5.56 Å². The fraction of sp³-hybridized carbons (Fsp3) is 0.500. The van der Waals surface area contributed by atoms with Crippen LogP contribution in [0.3, 0.4) is 0 Å². The molecule has 0 aliphatic heterocycles. The number of hydrogen-bond acceptors (Lipinski definition) is 7. The third kappa shape index (κ3) is 6.86. The predicted molar refractivity (Wildman–Crippen MR) is 96.8 cm³/mol. The Labute approximate surface area is 156 Å². The molecule has 0 aliphatic rings. The van der Waals surface area contributed by atoms with Crippen molar-refractivity contribution in [2.24, 2.45) is 0 Å². The lowest BCUT2D eigenvalue weighted by Crippen LogP contribution is -2.42. The van der Waals surface area contributed by atoms with E-state index in [9.17, 15) is 14.4 Å². The largest absolute Gasteiger partial charge is 0.466 e. The lowest BCUT2D eigenvalue weighted by Gasteiger charge is -2.16. The number of amides is 1. The molecule has 0 aromatic carbocycles. The monoisotopic (exact) mass is 381 g/mol. The summed E-state index contributed by atoms with van der Waals surface area (Å²) in [6.07, 6.45) is 0.0826. The maximum absolute atomic E-state index is 12.5. The van der Waals surface area contributed by atoms with Gasteiger partial charge in [-0.2, -0.15) is 0 Å². The Morgan fingerprint density at radius 3 is 2.58 bits per heavy atom. The number of carbonyl (C=O) groups is 3. The molecule has 1 atom stereocenters. The van der Waals surface area contributed by atoms with Crippen LogP contribution < -0.4 is 5.32 Å². The quantitative estimate of drug-likeness (QED) is 0.521. The van der Waals surface area contributed by atoms with Crippen LogP contribution in [0.1, 0.15) is 46.8 Å². The normalized spacial score (nSPS) is 11.1. The lowest BCUT2D eigenvalue weighted by atomic mass is 10.1. The van der Waals surface area contributed by atoms with Crippen molar-refractivity contribution in [3.05, 3.63) is 21.4 Å². The number of hydrogen-bond donors (Lipinski definition) is 2. The Kier molecular flexibility index (Phi) is 9.41. The second-order valence-corrected chi connectivity index (χ2v) is 6.26. The number of aliphatic hydroxyl groups excluding tert-OH is 1. The van der Waals surface area contributed by atoms with Crippen molar-refractivity contribution in [3.63, 3.8) is 0 Å². The van der Waals surface area contributed by atoms with Crippen LogP contribution in [0.5, 0.6) is 0 Å². The summed E-state index contributed by atoms with van der Waals surface area (Å²) in [6, 6.07) is 0.718. The van der Waals surface area contributed by atoms with Gasteiger partial charge >= 0.3 is 11.9 Å². The van der Waals surface area contributed by atoms with Crippen LogP contribution in [-0.4, -0.2) is 48.8 Å². The van der Waals surface area contributed by atoms with E-state index in [1.165, 1.54) is 11.3 Å². The molecular weight excluding hydrogens is 358 g/mol. The molecule has 0 saturated carbocycles. The summed E-state index contributed by atoms with van der Waals surface area (Å²) in [6.45, 7) is 5.32. The molecule has 1 unspecified atom stereocenters. The number of aryl methyl sites for hydroxylation is 1. The van der Waals surface area contributed by atoms with Gasteiger partial charge in [0.15, 0.2) is 0 Å². The van der Waals surface area contributed by atoms with E-state index in [1.807, 2.05) is 0 Å². The second-order valence-electron chi connectivity index (χ2n) is 5.20. The Hall–Kier alpha value is -2.37. The highest BCUT2D eigenvalue weighted by Crippen LogP contribution is 2.21. The SMILES string of the molecule is CCOC(=O)CCC(NC(=O)c1cc(C)c(C#CCO)s1)C(=O)OCC. The van der Waals surface area contributed by atoms with Gasteiger partial charge in [-0.15, -0.1) is 11.3 Å². The van der Waals surface area contributed by atoms with Gasteiger partial charge in [-0.1, -0.05) is 11.8 Å². The molecule has 1 rings (SSSR count). The van der Waals surface area contributed by atoms with Crippen LogP contribution in [-0.2, 0) is 19.1 Å². The molecule has 1 aromatic rings. The average molecular weight is 381 g/mol. The molecule has 1 heterocycles. The van der Waals surface area contributed by atoms with Gasteiger partial charge in [-0.25, -0.2) is 4.79 Å². The van der Waals surface area contributed by atoms with Crippen LogP contribution in [0.2, 0.25) is 0 Å². The zero-order chi connectivity index (χ0) is 19.5. The molecule has 0 bridgehead atoms. The van der Waals surface area contributed by atoms with E-state index in [-0.39, 0.29) is 32.7 Å². The molecule has 0 fully saturated rings. The van der Waals surface area contributed by atoms with E-state index in [2.05, 4.69) is 17.2 Å². The summed E-state index contributed by atoms with van der Waals surface area (Å²) < 4.78 is 9.80. The molecule has 142 valence electrons. The first-order valence-corrected chi connectivity index (χ1v) is 9.07. The zero-order valence-electron chi connectivity index (χ0n) is 15.1. The van der Waals surface area contributed by atoms with Gasteiger partial charge < -0.3 is 19.9 Å². The number of aliphatic hydroxyl groups is 1. The third-order valence-electron chi connectivity index (χ3n) is 3.24. The summed E-state index contributed by atoms with van der Waals surface area (Å²) in [7, 11) is 0. The first kappa shape index (κ1) is 21.7. The summed E-state index contributed by atoms with van der Waals surface area (Å²) in [5.41, 5.74) is 0.806. The molecule has 1 amide bonds. The van der Waals surface area contributed by atoms with Gasteiger partial charge in [0.2, 0.25) is 0 Å². The first-order chi connectivity index (χ1) is 12.4. The summed E-state index contributed by atoms with van der Waals surface area (Å²) in [4.78, 5) is 37.1. The standard InChI is InChI=1S/C18H23NO6S/c1-4-24-16(21)9-8-13(18(23)25-5-2)19-17(22)15-11-12(3)14(26-15)7-6-10-20/h11,13,20H,4-5,8-10H2,1-3H3,(H,19,22). The highest BCUT2D eigenvalue weighted by atomic mass is 32.1. The minimum absolute atomic E-state index is 0.00566. The Morgan fingerprint density at radius 1 is 1.27 bits per heavy atom. The van der Waals surface area contributed by atoms with Crippen molar-refractivity contribution < 1.29 is 29.0 Å². The summed E-state index contributed by atoms with van der Waals surface area (Å²) in [5, 5.41) is 11.4. The van der Waals surface area contributed by atoms with Gasteiger partial charge in [-0.3, -0.25) is 9.59 Å². The van der Waals surface area contributed by atoms with Crippen LogP contribution in [0.15, 0.2) is 6.07 Å². The highest BCUT2D eigenvalue weighted by molar-refractivity contribution is 7.14. The minimum atomic E-state index is -0.943. The van der Waals surface area contributed by atoms with Crippen LogP contribution in [0.4, 0.5) is 0 Å². The van der Waals surface area contributed by atoms with Crippen molar-refractivity contribution in [2.45, 2.75) is 39.7 Å². The topological polar surface area (TPSA) is 102 Å². The lowest BCUT2D eigenvalue weighted by molar-refractivity contribution is -0.146. The van der Waals surface area contributed by atoms with E-state index < -0.39 is 23.9 Å². The van der Waals surface area contributed by atoms with Crippen LogP contribution >= 0.6 is 11.3 Å². The molecule has 0 spiro atoms. The fourth-order valence-electron chi connectivity index (χ4n) is 2.05. The van der Waals surface area contributed by atoms with Gasteiger partial charge in [-0.05, 0) is 38.8 Å². The van der Waals surface area contributed by atoms with Crippen molar-refractivity contribution in [1.82, 2.24) is 5.32 Å². The maximum atomic E-state index is 12.5. The van der Waals surface area contributed by atoms with Crippen molar-refractivity contribution in [1.29, 1.82) is 0 Å². The van der Waals surface area contributed by atoms with Crippen molar-refractivity contribution in [3.8, 4) is 11.8 Å². The Bertz CT molecular complexity index is 700. The maximum Gasteiger partial charge on any atom is 0.328 e. The van der Waals surface area contributed by atoms with Gasteiger partial charge in [0, 0.05) is 6.42 Å². The van der Waals surface area contributed by atoms with Crippen LogP contribution in [0.25, 0.3) is 0 Å². The van der Waals surface area contributed by atoms with Crippen molar-refractivity contribution >= 4 is 29.2 Å². The second kappa shape index (κ2) is 11.3. The summed E-state index contributed by atoms with van der Waals surface area (Å²) >= 11 is 1.17. The first-order valence-electron chi connectivity index (χ1n) is 8.26. The van der Waals surface area contributed by atoms with Gasteiger partial charge in [0.25, 0.3) is 5.91 Å². The summed E-state index contributed by atoms with van der Waals surface area (Å²) in [5.74, 6) is 3.83. The van der Waals surface area contributed by atoms with E-state index in [1.54, 1.807) is 26.8 Å². The molecule has 0 aliphatic carbocycles. The van der Waals surface area contributed by atoms with Gasteiger partial charge in [0.05, 0.1) is 23.0 Å². The van der Waals surface area contributed by atoms with Crippen LogP contribution in [0, 0.1) is 18.8 Å². The van der Waals surface area contributed by atoms with E-state index in [0.29, 0.717) is 9.75 Å².